The Labute approximate surface area is 164 Å². The van der Waals surface area contributed by atoms with Gasteiger partial charge in [0.15, 0.2) is 5.96 Å². The lowest BCUT2D eigenvalue weighted by molar-refractivity contribution is 0.0531. The summed E-state index contributed by atoms with van der Waals surface area (Å²) in [5.74, 6) is 1.35. The van der Waals surface area contributed by atoms with Crippen molar-refractivity contribution in [2.45, 2.75) is 51.4 Å². The molecule has 152 valence electrons. The van der Waals surface area contributed by atoms with E-state index in [2.05, 4.69) is 54.8 Å². The van der Waals surface area contributed by atoms with E-state index in [0.717, 1.165) is 70.9 Å². The Bertz CT molecular complexity index is 536. The van der Waals surface area contributed by atoms with Gasteiger partial charge in [0.2, 0.25) is 0 Å². The monoisotopic (exact) mass is 375 g/mol. The van der Waals surface area contributed by atoms with Crippen molar-refractivity contribution in [1.82, 2.24) is 10.6 Å². The van der Waals surface area contributed by atoms with E-state index in [0.29, 0.717) is 5.92 Å². The molecule has 0 saturated carbocycles. The van der Waals surface area contributed by atoms with Gasteiger partial charge in [-0.2, -0.15) is 0 Å². The smallest absolute Gasteiger partial charge is 0.191 e. The Morgan fingerprint density at radius 2 is 1.89 bits per heavy atom. The molecule has 1 saturated heterocycles. The van der Waals surface area contributed by atoms with Crippen molar-refractivity contribution < 1.29 is 9.84 Å². The largest absolute Gasteiger partial charge is 0.396 e. The minimum absolute atomic E-state index is 0.0514. The molecular formula is C22H37N3O2. The fourth-order valence-electron chi connectivity index (χ4n) is 3.84. The van der Waals surface area contributed by atoms with Crippen LogP contribution < -0.4 is 10.6 Å². The summed E-state index contributed by atoms with van der Waals surface area (Å²) in [6.45, 7) is 8.57. The zero-order chi connectivity index (χ0) is 19.4. The van der Waals surface area contributed by atoms with Gasteiger partial charge in [-0.3, -0.25) is 4.99 Å². The zero-order valence-electron chi connectivity index (χ0n) is 17.0. The first-order valence-corrected chi connectivity index (χ1v) is 10.5. The predicted octanol–water partition coefficient (Wildman–Crippen LogP) is 3.09. The first-order valence-electron chi connectivity index (χ1n) is 10.5. The second-order valence-electron chi connectivity index (χ2n) is 7.50. The number of nitrogens with one attached hydrogen (secondary N) is 2. The maximum atomic E-state index is 9.28. The number of guanidine groups is 1. The van der Waals surface area contributed by atoms with Gasteiger partial charge in [0, 0.05) is 38.3 Å². The van der Waals surface area contributed by atoms with E-state index in [1.807, 2.05) is 0 Å². The summed E-state index contributed by atoms with van der Waals surface area (Å²) in [4.78, 5) is 4.95. The molecule has 3 N–H and O–H groups in total. The number of aliphatic hydroxyl groups excluding tert-OH is 1. The van der Waals surface area contributed by atoms with E-state index in [9.17, 15) is 5.11 Å². The molecule has 5 heteroatoms. The van der Waals surface area contributed by atoms with Crippen LogP contribution >= 0.6 is 0 Å². The molecule has 1 aromatic carbocycles. The molecule has 0 aliphatic carbocycles. The molecule has 1 aliphatic rings. The van der Waals surface area contributed by atoms with E-state index >= 15 is 0 Å². The molecule has 0 amide bonds. The Morgan fingerprint density at radius 1 is 1.15 bits per heavy atom. The molecule has 1 fully saturated rings. The lowest BCUT2D eigenvalue weighted by Crippen LogP contribution is -2.42. The van der Waals surface area contributed by atoms with E-state index in [4.69, 9.17) is 9.73 Å². The number of aliphatic hydroxyl groups is 1. The summed E-state index contributed by atoms with van der Waals surface area (Å²) in [5.41, 5.74) is 1.41. The summed E-state index contributed by atoms with van der Waals surface area (Å²) in [5, 5.41) is 16.2. The zero-order valence-corrected chi connectivity index (χ0v) is 17.0. The van der Waals surface area contributed by atoms with Gasteiger partial charge in [-0.25, -0.2) is 0 Å². The lowest BCUT2D eigenvalue weighted by Gasteiger charge is -2.36. The summed E-state index contributed by atoms with van der Waals surface area (Å²) >= 11 is 0. The van der Waals surface area contributed by atoms with Crippen LogP contribution in [0.1, 0.15) is 51.5 Å². The van der Waals surface area contributed by atoms with E-state index in [1.165, 1.54) is 5.56 Å². The minimum atomic E-state index is 0.0514. The molecule has 1 atom stereocenters. The number of aliphatic imine (C=N–C) groups is 1. The van der Waals surface area contributed by atoms with Gasteiger partial charge in [0.1, 0.15) is 0 Å². The maximum Gasteiger partial charge on any atom is 0.191 e. The standard InChI is InChI=1S/C22H37N3O2/c1-3-8-19(11-14-26)17-24-21(23-4-2)25-18-22(12-15-27-16-13-22)20-9-6-5-7-10-20/h5-7,9-10,19,26H,3-4,8,11-18H2,1-2H3,(H2,23,24,25). The van der Waals surface area contributed by atoms with Crippen LogP contribution in [0.3, 0.4) is 0 Å². The number of rotatable bonds is 10. The molecule has 0 bridgehead atoms. The molecule has 0 radical (unpaired) electrons. The van der Waals surface area contributed by atoms with Crippen LogP contribution in [0.2, 0.25) is 0 Å². The molecule has 1 aliphatic heterocycles. The van der Waals surface area contributed by atoms with Crippen molar-refractivity contribution in [2.75, 3.05) is 39.5 Å². The van der Waals surface area contributed by atoms with Crippen LogP contribution in [0.5, 0.6) is 0 Å². The number of hydrogen-bond acceptors (Lipinski definition) is 3. The summed E-state index contributed by atoms with van der Waals surface area (Å²) in [6, 6.07) is 10.7. The molecule has 5 nitrogen and oxygen atoms in total. The van der Waals surface area contributed by atoms with Gasteiger partial charge in [-0.1, -0.05) is 43.7 Å². The van der Waals surface area contributed by atoms with Crippen molar-refractivity contribution in [2.24, 2.45) is 10.9 Å². The third-order valence-electron chi connectivity index (χ3n) is 5.51. The van der Waals surface area contributed by atoms with E-state index < -0.39 is 0 Å². The first kappa shape index (κ1) is 21.7. The Morgan fingerprint density at radius 3 is 2.52 bits per heavy atom. The first-order chi connectivity index (χ1) is 13.2. The van der Waals surface area contributed by atoms with E-state index in [-0.39, 0.29) is 12.0 Å². The Balaban J connectivity index is 2.07. The second-order valence-corrected chi connectivity index (χ2v) is 7.50. The summed E-state index contributed by atoms with van der Waals surface area (Å²) in [6.07, 6.45) is 5.10. The van der Waals surface area contributed by atoms with Crippen LogP contribution in [0.25, 0.3) is 0 Å². The average Bonchev–Trinajstić information content (AvgIpc) is 2.71. The predicted molar refractivity (Wildman–Crippen MR) is 112 cm³/mol. The fraction of sp³-hybridized carbons (Fsp3) is 0.682. The number of ether oxygens (including phenoxy) is 1. The number of nitrogens with zero attached hydrogens (tertiary/aromatic N) is 1. The van der Waals surface area contributed by atoms with Crippen LogP contribution in [0, 0.1) is 5.92 Å². The van der Waals surface area contributed by atoms with Crippen LogP contribution in [0.4, 0.5) is 0 Å². The van der Waals surface area contributed by atoms with Gasteiger partial charge in [0.25, 0.3) is 0 Å². The second kappa shape index (κ2) is 12.0. The molecular weight excluding hydrogens is 338 g/mol. The van der Waals surface area contributed by atoms with Crippen LogP contribution in [-0.4, -0.2) is 50.5 Å². The third-order valence-corrected chi connectivity index (χ3v) is 5.51. The Hall–Kier alpha value is -1.59. The quantitative estimate of drug-likeness (QED) is 0.434. The topological polar surface area (TPSA) is 65.9 Å². The molecule has 1 unspecified atom stereocenters. The molecule has 1 heterocycles. The van der Waals surface area contributed by atoms with Gasteiger partial charge >= 0.3 is 0 Å². The van der Waals surface area contributed by atoms with Crippen molar-refractivity contribution in [3.05, 3.63) is 35.9 Å². The highest BCUT2D eigenvalue weighted by atomic mass is 16.5. The third kappa shape index (κ3) is 6.82. The highest BCUT2D eigenvalue weighted by molar-refractivity contribution is 5.79. The SMILES string of the molecule is CCCC(CCO)CNC(=NCC1(c2ccccc2)CCOCC1)NCC. The minimum Gasteiger partial charge on any atom is -0.396 e. The van der Waals surface area contributed by atoms with Crippen molar-refractivity contribution >= 4 is 5.96 Å². The number of hydrogen-bond donors (Lipinski definition) is 3. The molecule has 0 spiro atoms. The number of benzene rings is 1. The molecule has 2 rings (SSSR count). The van der Waals surface area contributed by atoms with Crippen molar-refractivity contribution in [1.29, 1.82) is 0 Å². The van der Waals surface area contributed by atoms with Crippen molar-refractivity contribution in [3.63, 3.8) is 0 Å². The average molecular weight is 376 g/mol. The van der Waals surface area contributed by atoms with Crippen LogP contribution in [-0.2, 0) is 10.2 Å². The van der Waals surface area contributed by atoms with Crippen LogP contribution in [0.15, 0.2) is 35.3 Å². The summed E-state index contributed by atoms with van der Waals surface area (Å²) < 4.78 is 5.63. The lowest BCUT2D eigenvalue weighted by atomic mass is 9.74. The highest BCUT2D eigenvalue weighted by Gasteiger charge is 2.34. The van der Waals surface area contributed by atoms with Crippen molar-refractivity contribution in [3.8, 4) is 0 Å². The maximum absolute atomic E-state index is 9.28. The van der Waals surface area contributed by atoms with Gasteiger partial charge in [0.05, 0.1) is 6.54 Å². The van der Waals surface area contributed by atoms with E-state index in [1.54, 1.807) is 0 Å². The summed E-state index contributed by atoms with van der Waals surface area (Å²) in [7, 11) is 0. The normalized spacial score (nSPS) is 18.1. The Kier molecular flexibility index (Phi) is 9.64. The highest BCUT2D eigenvalue weighted by Crippen LogP contribution is 2.35. The molecule has 27 heavy (non-hydrogen) atoms. The molecule has 1 aromatic rings. The molecule has 0 aromatic heterocycles. The fourth-order valence-corrected chi connectivity index (χ4v) is 3.84. The van der Waals surface area contributed by atoms with Gasteiger partial charge in [-0.05, 0) is 44.1 Å². The van der Waals surface area contributed by atoms with Gasteiger partial charge in [-0.15, -0.1) is 0 Å². The van der Waals surface area contributed by atoms with Gasteiger partial charge < -0.3 is 20.5 Å².